The second kappa shape index (κ2) is 6.21. The van der Waals surface area contributed by atoms with E-state index in [0.717, 1.165) is 30.8 Å². The van der Waals surface area contributed by atoms with E-state index in [2.05, 4.69) is 25.1 Å². The van der Waals surface area contributed by atoms with E-state index < -0.39 is 0 Å². The minimum absolute atomic E-state index is 0.00308. The average Bonchev–Trinajstić information content (AvgIpc) is 2.82. The third-order valence-corrected chi connectivity index (χ3v) is 3.38. The number of rotatable bonds is 5. The van der Waals surface area contributed by atoms with Gasteiger partial charge in [0, 0.05) is 24.6 Å². The second-order valence-electron chi connectivity index (χ2n) is 5.10. The Labute approximate surface area is 109 Å². The molecule has 0 radical (unpaired) electrons. The van der Waals surface area contributed by atoms with E-state index in [1.54, 1.807) is 0 Å². The van der Waals surface area contributed by atoms with Crippen molar-refractivity contribution in [2.45, 2.75) is 45.3 Å². The molecule has 0 aromatic heterocycles. The van der Waals surface area contributed by atoms with Crippen molar-refractivity contribution >= 4 is 0 Å². The van der Waals surface area contributed by atoms with E-state index in [9.17, 15) is 0 Å². The number of benzene rings is 1. The van der Waals surface area contributed by atoms with Gasteiger partial charge in [0.2, 0.25) is 0 Å². The molecule has 1 aliphatic heterocycles. The highest BCUT2D eigenvalue weighted by Crippen LogP contribution is 2.25. The molecule has 0 bridgehead atoms. The quantitative estimate of drug-likeness (QED) is 0.872. The summed E-state index contributed by atoms with van der Waals surface area (Å²) in [7, 11) is 0. The molecule has 3 heteroatoms. The highest BCUT2D eigenvalue weighted by molar-refractivity contribution is 5.38. The number of hydrogen-bond acceptors (Lipinski definition) is 3. The Kier molecular flexibility index (Phi) is 4.61. The first kappa shape index (κ1) is 13.4. The highest BCUT2D eigenvalue weighted by Gasteiger charge is 2.15. The average molecular weight is 249 g/mol. The van der Waals surface area contributed by atoms with Crippen molar-refractivity contribution in [3.05, 3.63) is 29.3 Å². The van der Waals surface area contributed by atoms with Crippen LogP contribution in [0.1, 0.15) is 43.4 Å². The Hall–Kier alpha value is -1.06. The van der Waals surface area contributed by atoms with Crippen molar-refractivity contribution in [3.63, 3.8) is 0 Å². The lowest BCUT2D eigenvalue weighted by molar-refractivity contribution is 0.0901. The van der Waals surface area contributed by atoms with Crippen molar-refractivity contribution in [1.29, 1.82) is 0 Å². The summed E-state index contributed by atoms with van der Waals surface area (Å²) < 4.78 is 11.5. The van der Waals surface area contributed by atoms with Crippen molar-refractivity contribution < 1.29 is 9.47 Å². The van der Waals surface area contributed by atoms with Gasteiger partial charge in [-0.1, -0.05) is 12.1 Å². The molecule has 1 aliphatic rings. The van der Waals surface area contributed by atoms with E-state index in [1.165, 1.54) is 12.0 Å². The highest BCUT2D eigenvalue weighted by atomic mass is 16.5. The molecular formula is C15H23NO2. The molecule has 1 aromatic rings. The van der Waals surface area contributed by atoms with Gasteiger partial charge in [-0.25, -0.2) is 0 Å². The van der Waals surface area contributed by atoms with E-state index in [1.807, 2.05) is 6.92 Å². The van der Waals surface area contributed by atoms with Crippen molar-refractivity contribution in [2.24, 2.45) is 5.73 Å². The standard InChI is InChI=1S/C15H23NO2/c1-11-5-6-14(12(2)16)15(10-11)18-9-7-13-4-3-8-17-13/h5-6,10,12-13H,3-4,7-9,16H2,1-2H3. The molecule has 0 spiro atoms. The number of hydrogen-bond donors (Lipinski definition) is 1. The first-order chi connectivity index (χ1) is 8.66. The normalized spacial score (nSPS) is 20.9. The number of nitrogens with two attached hydrogens (primary N) is 1. The monoisotopic (exact) mass is 249 g/mol. The fraction of sp³-hybridized carbons (Fsp3) is 0.600. The van der Waals surface area contributed by atoms with Gasteiger partial charge in [-0.15, -0.1) is 0 Å². The lowest BCUT2D eigenvalue weighted by Gasteiger charge is -2.16. The van der Waals surface area contributed by atoms with Gasteiger partial charge in [-0.3, -0.25) is 0 Å². The van der Waals surface area contributed by atoms with Crippen LogP contribution in [0.2, 0.25) is 0 Å². The molecule has 100 valence electrons. The molecular weight excluding hydrogens is 226 g/mol. The second-order valence-corrected chi connectivity index (χ2v) is 5.10. The van der Waals surface area contributed by atoms with E-state index >= 15 is 0 Å². The van der Waals surface area contributed by atoms with Crippen LogP contribution < -0.4 is 10.5 Å². The molecule has 1 heterocycles. The maximum Gasteiger partial charge on any atom is 0.124 e. The zero-order chi connectivity index (χ0) is 13.0. The van der Waals surface area contributed by atoms with Gasteiger partial charge >= 0.3 is 0 Å². The topological polar surface area (TPSA) is 44.5 Å². The zero-order valence-corrected chi connectivity index (χ0v) is 11.3. The van der Waals surface area contributed by atoms with Gasteiger partial charge in [0.05, 0.1) is 12.7 Å². The lowest BCUT2D eigenvalue weighted by Crippen LogP contribution is -2.13. The number of aryl methyl sites for hydroxylation is 1. The predicted octanol–water partition coefficient (Wildman–Crippen LogP) is 2.96. The third kappa shape index (κ3) is 3.47. The van der Waals surface area contributed by atoms with Crippen LogP contribution in [-0.2, 0) is 4.74 Å². The molecule has 2 rings (SSSR count). The SMILES string of the molecule is Cc1ccc(C(C)N)c(OCCC2CCCO2)c1. The van der Waals surface area contributed by atoms with Gasteiger partial charge in [-0.05, 0) is 38.3 Å². The summed E-state index contributed by atoms with van der Waals surface area (Å²) in [6.07, 6.45) is 3.69. The summed E-state index contributed by atoms with van der Waals surface area (Å²) in [4.78, 5) is 0. The minimum Gasteiger partial charge on any atom is -0.493 e. The molecule has 0 amide bonds. The lowest BCUT2D eigenvalue weighted by atomic mass is 10.1. The van der Waals surface area contributed by atoms with Crippen LogP contribution in [0.25, 0.3) is 0 Å². The van der Waals surface area contributed by atoms with E-state index in [4.69, 9.17) is 15.2 Å². The smallest absolute Gasteiger partial charge is 0.124 e. The Morgan fingerprint density at radius 2 is 2.33 bits per heavy atom. The summed E-state index contributed by atoms with van der Waals surface area (Å²) in [5.74, 6) is 0.919. The van der Waals surface area contributed by atoms with E-state index in [-0.39, 0.29) is 6.04 Å². The maximum absolute atomic E-state index is 5.95. The van der Waals surface area contributed by atoms with Crippen LogP contribution in [0.3, 0.4) is 0 Å². The predicted molar refractivity (Wildman–Crippen MR) is 72.9 cm³/mol. The Balaban J connectivity index is 1.92. The molecule has 2 unspecified atom stereocenters. The zero-order valence-electron chi connectivity index (χ0n) is 11.3. The van der Waals surface area contributed by atoms with E-state index in [0.29, 0.717) is 12.7 Å². The summed E-state index contributed by atoms with van der Waals surface area (Å²) in [5, 5.41) is 0. The molecule has 1 fully saturated rings. The fourth-order valence-corrected chi connectivity index (χ4v) is 2.32. The molecule has 1 aromatic carbocycles. The Morgan fingerprint density at radius 1 is 1.50 bits per heavy atom. The summed E-state index contributed by atoms with van der Waals surface area (Å²) in [6.45, 7) is 5.66. The molecule has 18 heavy (non-hydrogen) atoms. The summed E-state index contributed by atoms with van der Waals surface area (Å²) in [6, 6.07) is 6.20. The van der Waals surface area contributed by atoms with Crippen LogP contribution in [0.4, 0.5) is 0 Å². The van der Waals surface area contributed by atoms with Crippen molar-refractivity contribution in [3.8, 4) is 5.75 Å². The molecule has 0 saturated carbocycles. The largest absolute Gasteiger partial charge is 0.493 e. The first-order valence-corrected chi connectivity index (χ1v) is 6.77. The molecule has 2 atom stereocenters. The molecule has 2 N–H and O–H groups in total. The van der Waals surface area contributed by atoms with Crippen molar-refractivity contribution in [2.75, 3.05) is 13.2 Å². The fourth-order valence-electron chi connectivity index (χ4n) is 2.32. The summed E-state index contributed by atoms with van der Waals surface area (Å²) in [5.41, 5.74) is 8.23. The van der Waals surface area contributed by atoms with Crippen LogP contribution >= 0.6 is 0 Å². The van der Waals surface area contributed by atoms with Crippen LogP contribution in [0.15, 0.2) is 18.2 Å². The van der Waals surface area contributed by atoms with Gasteiger partial charge < -0.3 is 15.2 Å². The number of ether oxygens (including phenoxy) is 2. The van der Waals surface area contributed by atoms with Gasteiger partial charge in [0.25, 0.3) is 0 Å². The first-order valence-electron chi connectivity index (χ1n) is 6.77. The molecule has 0 aliphatic carbocycles. The van der Waals surface area contributed by atoms with Gasteiger partial charge in [-0.2, -0.15) is 0 Å². The van der Waals surface area contributed by atoms with Crippen LogP contribution in [-0.4, -0.2) is 19.3 Å². The van der Waals surface area contributed by atoms with Gasteiger partial charge in [0.15, 0.2) is 0 Å². The Bertz CT molecular complexity index is 384. The summed E-state index contributed by atoms with van der Waals surface area (Å²) >= 11 is 0. The van der Waals surface area contributed by atoms with Gasteiger partial charge in [0.1, 0.15) is 5.75 Å². The van der Waals surface area contributed by atoms with Crippen LogP contribution in [0.5, 0.6) is 5.75 Å². The van der Waals surface area contributed by atoms with Crippen LogP contribution in [0, 0.1) is 6.92 Å². The van der Waals surface area contributed by atoms with Crippen molar-refractivity contribution in [1.82, 2.24) is 0 Å². The minimum atomic E-state index is 0.00308. The maximum atomic E-state index is 5.95. The molecule has 3 nitrogen and oxygen atoms in total. The third-order valence-electron chi connectivity index (χ3n) is 3.38. The Morgan fingerprint density at radius 3 is 3.00 bits per heavy atom. The molecule has 1 saturated heterocycles.